The van der Waals surface area contributed by atoms with E-state index in [1.807, 2.05) is 0 Å². The van der Waals surface area contributed by atoms with Crippen LogP contribution < -0.4 is 9.80 Å². The summed E-state index contributed by atoms with van der Waals surface area (Å²) in [6.07, 6.45) is -0.913. The number of likely N-dealkylation sites (tertiary alicyclic amines) is 1. The zero-order valence-electron chi connectivity index (χ0n) is 26.5. The van der Waals surface area contributed by atoms with Crippen LogP contribution in [0.4, 0.5) is 24.8 Å². The van der Waals surface area contributed by atoms with Crippen molar-refractivity contribution >= 4 is 23.5 Å². The topological polar surface area (TPSA) is 131 Å². The minimum absolute atomic E-state index is 0.0269. The van der Waals surface area contributed by atoms with E-state index >= 15 is 0 Å². The Morgan fingerprint density at radius 2 is 1.80 bits per heavy atom. The Morgan fingerprint density at radius 1 is 1.02 bits per heavy atom. The number of aliphatic hydroxyl groups excluding tert-OH is 1. The van der Waals surface area contributed by atoms with E-state index in [1.54, 1.807) is 48.0 Å². The van der Waals surface area contributed by atoms with E-state index in [9.17, 15) is 33.1 Å². The molecule has 0 unspecified atom stereocenters. The number of benzene rings is 2. The number of fused-ring (bicyclic) bond motifs is 1. The predicted molar refractivity (Wildman–Crippen MR) is 171 cm³/mol. The first kappa shape index (κ1) is 31.2. The fourth-order valence-electron chi connectivity index (χ4n) is 7.42. The number of halogens is 3. The molecule has 1 N–H and O–H groups in total. The van der Waals surface area contributed by atoms with Gasteiger partial charge < -0.3 is 9.67 Å². The molecule has 3 aliphatic heterocycles. The van der Waals surface area contributed by atoms with E-state index in [2.05, 4.69) is 26.2 Å². The summed E-state index contributed by atoms with van der Waals surface area (Å²) in [7, 11) is 1.76. The minimum atomic E-state index is -4.69. The van der Waals surface area contributed by atoms with Gasteiger partial charge in [0.2, 0.25) is 5.91 Å². The molecular formula is C35H31F3N8O3. The summed E-state index contributed by atoms with van der Waals surface area (Å²) in [5, 5.41) is 28.2. The Hall–Kier alpha value is -5.13. The number of carbonyl (C=O) groups excluding carboxylic acids is 2. The Morgan fingerprint density at radius 3 is 2.43 bits per heavy atom. The third kappa shape index (κ3) is 5.52. The molecule has 14 heteroatoms. The molecule has 5 heterocycles. The Labute approximate surface area is 279 Å². The molecule has 49 heavy (non-hydrogen) atoms. The second-order valence-electron chi connectivity index (χ2n) is 13.6. The predicted octanol–water partition coefficient (Wildman–Crippen LogP) is 4.68. The van der Waals surface area contributed by atoms with E-state index in [-0.39, 0.29) is 42.3 Å². The number of rotatable bonds is 6. The highest BCUT2D eigenvalue weighted by Crippen LogP contribution is 2.53. The van der Waals surface area contributed by atoms with Crippen LogP contribution in [0.1, 0.15) is 58.3 Å². The Balaban J connectivity index is 1.24. The molecule has 11 nitrogen and oxygen atoms in total. The van der Waals surface area contributed by atoms with Crippen LogP contribution in [0.5, 0.6) is 0 Å². The van der Waals surface area contributed by atoms with Crippen LogP contribution >= 0.6 is 0 Å². The normalized spacial score (nSPS) is 20.0. The molecular weight excluding hydrogens is 637 g/mol. The highest BCUT2D eigenvalue weighted by atomic mass is 19.4. The Bertz CT molecular complexity index is 2080. The minimum Gasteiger partial charge on any atom is -0.391 e. The lowest BCUT2D eigenvalue weighted by Gasteiger charge is -2.22. The molecule has 4 aromatic rings. The number of aryl methyl sites for hydroxylation is 1. The summed E-state index contributed by atoms with van der Waals surface area (Å²) >= 11 is 0. The lowest BCUT2D eigenvalue weighted by atomic mass is 9.97. The van der Waals surface area contributed by atoms with Gasteiger partial charge in [0.05, 0.1) is 42.8 Å². The maximum absolute atomic E-state index is 14.6. The van der Waals surface area contributed by atoms with Crippen molar-refractivity contribution in [2.75, 3.05) is 29.4 Å². The number of amides is 2. The van der Waals surface area contributed by atoms with Crippen LogP contribution in [-0.4, -0.2) is 67.3 Å². The van der Waals surface area contributed by atoms with Gasteiger partial charge >= 0.3 is 6.18 Å². The van der Waals surface area contributed by atoms with Gasteiger partial charge in [0.15, 0.2) is 5.82 Å². The second-order valence-corrected chi connectivity index (χ2v) is 13.6. The van der Waals surface area contributed by atoms with Crippen LogP contribution in [0.2, 0.25) is 0 Å². The summed E-state index contributed by atoms with van der Waals surface area (Å²) in [5.74, 6) is -0.407. The lowest BCUT2D eigenvalue weighted by Crippen LogP contribution is -2.29. The van der Waals surface area contributed by atoms with Crippen molar-refractivity contribution in [1.82, 2.24) is 24.6 Å². The van der Waals surface area contributed by atoms with E-state index in [0.717, 1.165) is 38.4 Å². The van der Waals surface area contributed by atoms with E-state index < -0.39 is 29.7 Å². The van der Waals surface area contributed by atoms with Crippen molar-refractivity contribution < 1.29 is 27.9 Å². The molecule has 0 radical (unpaired) electrons. The molecule has 1 aliphatic carbocycles. The van der Waals surface area contributed by atoms with Crippen LogP contribution in [0, 0.1) is 16.7 Å². The smallest absolute Gasteiger partial charge is 0.391 e. The van der Waals surface area contributed by atoms with Gasteiger partial charge in [0.1, 0.15) is 18.0 Å². The number of anilines is 2. The third-order valence-corrected chi connectivity index (χ3v) is 10.2. The molecule has 3 fully saturated rings. The summed E-state index contributed by atoms with van der Waals surface area (Å²) in [5.41, 5.74) is 1.58. The number of alkyl halides is 3. The zero-order chi connectivity index (χ0) is 34.2. The number of aromatic nitrogens is 4. The third-order valence-electron chi connectivity index (χ3n) is 10.2. The van der Waals surface area contributed by atoms with E-state index in [4.69, 9.17) is 0 Å². The molecule has 1 atom stereocenters. The number of hydrogen-bond donors (Lipinski definition) is 1. The number of carbonyl (C=O) groups is 2. The van der Waals surface area contributed by atoms with Gasteiger partial charge in [-0.1, -0.05) is 0 Å². The van der Waals surface area contributed by atoms with Crippen molar-refractivity contribution in [1.29, 1.82) is 5.26 Å². The van der Waals surface area contributed by atoms with Gasteiger partial charge in [-0.25, -0.2) is 4.98 Å². The van der Waals surface area contributed by atoms with Gasteiger partial charge in [0.25, 0.3) is 5.91 Å². The van der Waals surface area contributed by atoms with Crippen molar-refractivity contribution in [2.24, 2.45) is 12.5 Å². The van der Waals surface area contributed by atoms with Gasteiger partial charge in [0, 0.05) is 31.3 Å². The molecule has 8 rings (SSSR count). The summed E-state index contributed by atoms with van der Waals surface area (Å²) < 4.78 is 45.4. The van der Waals surface area contributed by atoms with Crippen molar-refractivity contribution in [2.45, 2.75) is 51.1 Å². The monoisotopic (exact) mass is 668 g/mol. The van der Waals surface area contributed by atoms with Crippen LogP contribution in [0.3, 0.4) is 0 Å². The number of β-amino-alcohol motifs (C(OH)–C–C–N with tert-alkyl or cyclic N) is 1. The lowest BCUT2D eigenvalue weighted by molar-refractivity contribution is -0.138. The molecule has 2 aromatic heterocycles. The van der Waals surface area contributed by atoms with Crippen LogP contribution in [0.25, 0.3) is 22.5 Å². The molecule has 4 aliphatic rings. The first-order chi connectivity index (χ1) is 23.4. The zero-order valence-corrected chi connectivity index (χ0v) is 26.5. The van der Waals surface area contributed by atoms with Gasteiger partial charge in [-0.15, -0.1) is 10.2 Å². The molecule has 1 saturated carbocycles. The molecule has 0 bridgehead atoms. The van der Waals surface area contributed by atoms with Gasteiger partial charge in [-0.05, 0) is 95.9 Å². The number of nitrogens with zero attached hydrogens (tertiary/aromatic N) is 8. The van der Waals surface area contributed by atoms with Crippen molar-refractivity contribution in [3.05, 3.63) is 76.6 Å². The van der Waals surface area contributed by atoms with Crippen LogP contribution in [-0.2, 0) is 31.1 Å². The highest BCUT2D eigenvalue weighted by Gasteiger charge is 2.48. The number of hydrogen-bond acceptors (Lipinski definition) is 8. The first-order valence-electron chi connectivity index (χ1n) is 16.1. The maximum atomic E-state index is 14.6. The van der Waals surface area contributed by atoms with Gasteiger partial charge in [-0.3, -0.25) is 24.3 Å². The quantitative estimate of drug-likeness (QED) is 0.314. The molecule has 250 valence electrons. The SMILES string of the molecule is Cn1cnnc1-c1ccc(C#N)cc1-c1cc(N2C[C@H](O)CC2=O)nc(N2Cc3c(cc(CN4CCC5(CC5)C4)cc3C(F)(F)F)C2=O)c1. The van der Waals surface area contributed by atoms with Crippen molar-refractivity contribution in [3.8, 4) is 28.6 Å². The largest absolute Gasteiger partial charge is 0.416 e. The Kier molecular flexibility index (Phi) is 7.13. The average Bonchev–Trinajstić information content (AvgIpc) is 3.34. The molecule has 1 spiro atoms. The number of aliphatic hydroxyl groups is 1. The van der Waals surface area contributed by atoms with Crippen molar-refractivity contribution in [3.63, 3.8) is 0 Å². The first-order valence-corrected chi connectivity index (χ1v) is 16.1. The summed E-state index contributed by atoms with van der Waals surface area (Å²) in [6, 6.07) is 13.0. The van der Waals surface area contributed by atoms with E-state index in [1.165, 1.54) is 16.1 Å². The fraction of sp³-hybridized carbons (Fsp3) is 0.371. The standard InChI is InChI=1S/C35H31F3N8O3/c1-43-19-40-42-32(43)24-3-2-20(14-39)8-25(24)22-11-29(45-16-23(47)13-31(45)48)41-30(12-22)46-17-27-26(33(46)49)9-21(10-28(27)35(36,37)38)15-44-7-6-34(18-44)4-5-34/h2-3,8-12,19,23,47H,4-7,13,15-18H2,1H3/t23-/m1/s1. The average molecular weight is 669 g/mol. The number of pyridine rings is 1. The maximum Gasteiger partial charge on any atom is 0.416 e. The summed E-state index contributed by atoms with van der Waals surface area (Å²) in [4.78, 5) is 36.3. The van der Waals surface area contributed by atoms with E-state index in [0.29, 0.717) is 45.6 Å². The molecule has 2 saturated heterocycles. The fourth-order valence-corrected chi connectivity index (χ4v) is 7.42. The second kappa shape index (κ2) is 11.2. The molecule has 2 amide bonds. The number of nitriles is 1. The summed E-state index contributed by atoms with van der Waals surface area (Å²) in [6.45, 7) is 1.56. The molecule has 2 aromatic carbocycles. The highest BCUT2D eigenvalue weighted by molar-refractivity contribution is 6.10. The van der Waals surface area contributed by atoms with Crippen LogP contribution in [0.15, 0.2) is 48.8 Å². The van der Waals surface area contributed by atoms with Gasteiger partial charge in [-0.2, -0.15) is 18.4 Å².